The highest BCUT2D eigenvalue weighted by molar-refractivity contribution is 6.99. The van der Waals surface area contributed by atoms with E-state index in [0.717, 1.165) is 23.9 Å². The molecule has 0 unspecified atom stereocenters. The quantitative estimate of drug-likeness (QED) is 0.340. The molecular formula is C25H42N4O6S. The van der Waals surface area contributed by atoms with Crippen LogP contribution in [0.15, 0.2) is 12.2 Å². The lowest BCUT2D eigenvalue weighted by Gasteiger charge is -2.31. The Balaban J connectivity index is 1.97. The molecule has 0 saturated carbocycles. The van der Waals surface area contributed by atoms with Gasteiger partial charge < -0.3 is 29.2 Å². The molecule has 1 fully saturated rings. The second-order valence-corrected chi connectivity index (χ2v) is 12.3. The predicted molar refractivity (Wildman–Crippen MR) is 139 cm³/mol. The minimum Gasteiger partial charge on any atom is -0.470 e. The summed E-state index contributed by atoms with van der Waals surface area (Å²) in [5, 5.41) is 3.32. The third-order valence-electron chi connectivity index (χ3n) is 4.99. The van der Waals surface area contributed by atoms with Gasteiger partial charge in [0.25, 0.3) is 5.88 Å². The molecule has 1 atom stereocenters. The van der Waals surface area contributed by atoms with Gasteiger partial charge in [0.05, 0.1) is 24.9 Å². The fourth-order valence-electron chi connectivity index (χ4n) is 3.92. The number of carbonyl (C=O) groups is 2. The summed E-state index contributed by atoms with van der Waals surface area (Å²) in [4.78, 5) is 26.8. The molecule has 1 saturated heterocycles. The summed E-state index contributed by atoms with van der Waals surface area (Å²) in [5.41, 5.74) is -0.853. The summed E-state index contributed by atoms with van der Waals surface area (Å²) >= 11 is 1.07. The van der Waals surface area contributed by atoms with Gasteiger partial charge >= 0.3 is 11.9 Å². The topological polar surface area (TPSA) is 112 Å². The van der Waals surface area contributed by atoms with E-state index in [9.17, 15) is 9.59 Å². The maximum atomic E-state index is 12.5. The van der Waals surface area contributed by atoms with Crippen molar-refractivity contribution in [2.24, 2.45) is 5.41 Å². The van der Waals surface area contributed by atoms with Gasteiger partial charge in [0.1, 0.15) is 18.3 Å². The molecule has 1 aromatic heterocycles. The largest absolute Gasteiger partial charge is 0.470 e. The van der Waals surface area contributed by atoms with Crippen molar-refractivity contribution in [1.29, 1.82) is 0 Å². The van der Waals surface area contributed by atoms with Crippen LogP contribution in [0.3, 0.4) is 0 Å². The zero-order valence-corrected chi connectivity index (χ0v) is 23.7. The Kier molecular flexibility index (Phi) is 10.7. The Bertz CT molecular complexity index is 882. The van der Waals surface area contributed by atoms with Gasteiger partial charge in [0.2, 0.25) is 5.82 Å². The minimum absolute atomic E-state index is 0.00578. The van der Waals surface area contributed by atoms with Crippen molar-refractivity contribution in [1.82, 2.24) is 14.1 Å². The molecule has 1 N–H and O–H groups in total. The number of rotatable bonds is 11. The summed E-state index contributed by atoms with van der Waals surface area (Å²) in [7, 11) is 0. The number of anilines is 1. The smallest absolute Gasteiger partial charge is 0.331 e. The number of morpholine rings is 1. The van der Waals surface area contributed by atoms with Crippen LogP contribution >= 0.6 is 11.7 Å². The lowest BCUT2D eigenvalue weighted by molar-refractivity contribution is -0.153. The van der Waals surface area contributed by atoms with Crippen LogP contribution in [0.25, 0.3) is 0 Å². The summed E-state index contributed by atoms with van der Waals surface area (Å²) in [6, 6.07) is 0. The van der Waals surface area contributed by atoms with Crippen LogP contribution in [0.5, 0.6) is 5.88 Å². The maximum Gasteiger partial charge on any atom is 0.331 e. The number of hydrogen-bond donors (Lipinski definition) is 1. The Morgan fingerprint density at radius 3 is 2.31 bits per heavy atom. The Morgan fingerprint density at radius 2 is 1.69 bits per heavy atom. The molecule has 11 heteroatoms. The van der Waals surface area contributed by atoms with E-state index in [1.165, 1.54) is 0 Å². The molecule has 10 nitrogen and oxygen atoms in total. The normalized spacial score (nSPS) is 16.2. The monoisotopic (exact) mass is 526 g/mol. The fourth-order valence-corrected chi connectivity index (χ4v) is 4.44. The highest BCUT2D eigenvalue weighted by atomic mass is 32.1. The lowest BCUT2D eigenvalue weighted by Crippen LogP contribution is -2.44. The number of nitrogens with zero attached hydrogens (tertiary/aromatic N) is 3. The van der Waals surface area contributed by atoms with Gasteiger partial charge in [0, 0.05) is 37.3 Å². The Morgan fingerprint density at radius 1 is 1.06 bits per heavy atom. The first-order valence-electron chi connectivity index (χ1n) is 12.3. The molecule has 2 rings (SSSR count). The van der Waals surface area contributed by atoms with E-state index in [1.54, 1.807) is 0 Å². The van der Waals surface area contributed by atoms with Gasteiger partial charge in [-0.1, -0.05) is 20.8 Å². The first kappa shape index (κ1) is 30.0. The van der Waals surface area contributed by atoms with Crippen LogP contribution in [0.1, 0.15) is 61.8 Å². The second-order valence-electron chi connectivity index (χ2n) is 11.7. The van der Waals surface area contributed by atoms with E-state index in [2.05, 4.69) is 39.7 Å². The number of aromatic nitrogens is 2. The van der Waals surface area contributed by atoms with Crippen LogP contribution < -0.4 is 15.0 Å². The molecule has 1 aromatic rings. The van der Waals surface area contributed by atoms with Crippen molar-refractivity contribution in [2.75, 3.05) is 44.4 Å². The lowest BCUT2D eigenvalue weighted by atomic mass is 9.84. The highest BCUT2D eigenvalue weighted by Gasteiger charge is 2.29. The molecule has 0 amide bonds. The van der Waals surface area contributed by atoms with Crippen LogP contribution in [-0.4, -0.2) is 77.4 Å². The van der Waals surface area contributed by atoms with E-state index >= 15 is 0 Å². The number of ether oxygens (including phenoxy) is 4. The summed E-state index contributed by atoms with van der Waals surface area (Å²) < 4.78 is 31.1. The number of carbonyl (C=O) groups excluding carboxylic acids is 2. The molecule has 0 aliphatic carbocycles. The van der Waals surface area contributed by atoms with Gasteiger partial charge in [-0.15, -0.1) is 4.37 Å². The summed E-state index contributed by atoms with van der Waals surface area (Å²) in [5.74, 6) is -0.184. The maximum absolute atomic E-state index is 12.5. The Hall–Kier alpha value is -2.24. The molecule has 204 valence electrons. The van der Waals surface area contributed by atoms with Crippen molar-refractivity contribution < 1.29 is 28.5 Å². The second kappa shape index (κ2) is 12.8. The average Bonchev–Trinajstić information content (AvgIpc) is 3.20. The van der Waals surface area contributed by atoms with E-state index in [4.69, 9.17) is 18.9 Å². The highest BCUT2D eigenvalue weighted by Crippen LogP contribution is 2.29. The molecule has 2 heterocycles. The van der Waals surface area contributed by atoms with Crippen molar-refractivity contribution >= 4 is 29.5 Å². The van der Waals surface area contributed by atoms with Crippen molar-refractivity contribution in [3.63, 3.8) is 0 Å². The zero-order chi connectivity index (χ0) is 27.0. The van der Waals surface area contributed by atoms with Gasteiger partial charge in [-0.3, -0.25) is 0 Å². The molecule has 0 radical (unpaired) electrons. The Labute approximate surface area is 219 Å². The van der Waals surface area contributed by atoms with Crippen LogP contribution in [0.4, 0.5) is 5.82 Å². The van der Waals surface area contributed by atoms with Gasteiger partial charge in [-0.2, -0.15) is 4.37 Å². The van der Waals surface area contributed by atoms with E-state index in [1.807, 2.05) is 34.6 Å². The fraction of sp³-hybridized carbons (Fsp3) is 0.760. The van der Waals surface area contributed by atoms with Crippen LogP contribution in [0.2, 0.25) is 0 Å². The van der Waals surface area contributed by atoms with E-state index in [-0.39, 0.29) is 17.6 Å². The molecule has 0 bridgehead atoms. The summed E-state index contributed by atoms with van der Waals surface area (Å²) in [6.45, 7) is 19.1. The minimum atomic E-state index is -0.658. The first-order valence-corrected chi connectivity index (χ1v) is 13.0. The van der Waals surface area contributed by atoms with Gasteiger partial charge in [-0.05, 0) is 46.5 Å². The average molecular weight is 527 g/mol. The predicted octanol–water partition coefficient (Wildman–Crippen LogP) is 3.37. The number of hydrogen-bond acceptors (Lipinski definition) is 11. The molecular weight excluding hydrogens is 484 g/mol. The van der Waals surface area contributed by atoms with Crippen molar-refractivity contribution in [2.45, 2.75) is 79.1 Å². The first-order chi connectivity index (χ1) is 16.6. The number of esters is 2. The third-order valence-corrected chi connectivity index (χ3v) is 5.49. The SMILES string of the molecule is CC(C)(C)CC(C)(C)OC(=O)/C=C\C(=O)O[C@@H](CNC(C)(C)C)COc1nsnc1N1CCOCC1. The van der Waals surface area contributed by atoms with Gasteiger partial charge in [0.15, 0.2) is 0 Å². The molecule has 1 aliphatic heterocycles. The molecule has 0 spiro atoms. The van der Waals surface area contributed by atoms with Crippen molar-refractivity contribution in [3.05, 3.63) is 12.2 Å². The zero-order valence-electron chi connectivity index (χ0n) is 22.9. The molecule has 36 heavy (non-hydrogen) atoms. The van der Waals surface area contributed by atoms with E-state index in [0.29, 0.717) is 51.0 Å². The molecule has 1 aliphatic rings. The number of nitrogens with one attached hydrogen (secondary N) is 1. The van der Waals surface area contributed by atoms with Crippen LogP contribution in [0, 0.1) is 5.41 Å². The van der Waals surface area contributed by atoms with Crippen LogP contribution in [-0.2, 0) is 23.8 Å². The van der Waals surface area contributed by atoms with E-state index < -0.39 is 23.6 Å². The van der Waals surface area contributed by atoms with Crippen molar-refractivity contribution in [3.8, 4) is 5.88 Å². The van der Waals surface area contributed by atoms with Gasteiger partial charge in [-0.25, -0.2) is 9.59 Å². The summed E-state index contributed by atoms with van der Waals surface area (Å²) in [6.07, 6.45) is 2.25. The standard InChI is InChI=1S/C25H42N4O6S/c1-23(2,3)17-25(7,8)35-20(31)10-9-19(30)34-18(15-26-24(4,5)6)16-33-22-21(27-36-28-22)29-11-13-32-14-12-29/h9-10,18,26H,11-17H2,1-8H3/b10-9-/t18-/m0/s1. The third kappa shape index (κ3) is 11.7. The molecule has 0 aromatic carbocycles.